The highest BCUT2D eigenvalue weighted by atomic mass is 16.3. The van der Waals surface area contributed by atoms with Crippen LogP contribution in [0.15, 0.2) is 35.4 Å². The van der Waals surface area contributed by atoms with Gasteiger partial charge in [-0.1, -0.05) is 6.08 Å². The van der Waals surface area contributed by atoms with Gasteiger partial charge in [0.2, 0.25) is 0 Å². The van der Waals surface area contributed by atoms with Crippen LogP contribution in [0, 0.1) is 22.7 Å². The molecule has 0 radical (unpaired) electrons. The van der Waals surface area contributed by atoms with Crippen LogP contribution in [-0.4, -0.2) is 16.6 Å². The van der Waals surface area contributed by atoms with Crippen LogP contribution in [0.1, 0.15) is 6.92 Å². The molecule has 0 bridgehead atoms. The normalized spacial score (nSPS) is 14.4. The molecule has 0 fully saturated rings. The molecule has 0 aliphatic carbocycles. The van der Waals surface area contributed by atoms with Gasteiger partial charge in [0.15, 0.2) is 11.5 Å². The molecule has 0 unspecified atom stereocenters. The molecule has 14 heavy (non-hydrogen) atoms. The molecular weight excluding hydrogens is 178 g/mol. The quantitative estimate of drug-likeness (QED) is 0.632. The minimum Gasteiger partial charge on any atom is -0.494 e. The van der Waals surface area contributed by atoms with Crippen molar-refractivity contribution in [2.45, 2.75) is 6.92 Å². The Kier molecular flexibility index (Phi) is 2.93. The number of hydrogen-bond acceptors (Lipinski definition) is 4. The Bertz CT molecular complexity index is 388. The lowest BCUT2D eigenvalue weighted by atomic mass is 10.1. The average Bonchev–Trinajstić information content (AvgIpc) is 2.20. The molecule has 4 nitrogen and oxygen atoms in total. The van der Waals surface area contributed by atoms with Crippen LogP contribution in [0.2, 0.25) is 0 Å². The summed E-state index contributed by atoms with van der Waals surface area (Å²) in [5, 5.41) is 26.8. The van der Waals surface area contributed by atoms with E-state index in [-0.39, 0.29) is 11.5 Å². The third kappa shape index (κ3) is 1.60. The van der Waals surface area contributed by atoms with Gasteiger partial charge in [-0.05, 0) is 19.1 Å². The van der Waals surface area contributed by atoms with Crippen molar-refractivity contribution in [3.63, 3.8) is 0 Å². The largest absolute Gasteiger partial charge is 0.494 e. The first kappa shape index (κ1) is 9.88. The average molecular weight is 187 g/mol. The van der Waals surface area contributed by atoms with Crippen molar-refractivity contribution in [3.05, 3.63) is 35.4 Å². The fourth-order valence-corrected chi connectivity index (χ4v) is 1.22. The molecule has 70 valence electrons. The van der Waals surface area contributed by atoms with E-state index in [2.05, 4.69) is 0 Å². The summed E-state index contributed by atoms with van der Waals surface area (Å²) < 4.78 is 0. The van der Waals surface area contributed by atoms with E-state index in [0.29, 0.717) is 12.2 Å². The van der Waals surface area contributed by atoms with E-state index in [0.717, 1.165) is 0 Å². The number of allylic oxidation sites excluding steroid dienone is 4. The Hall–Kier alpha value is -2.20. The Morgan fingerprint density at radius 3 is 2.64 bits per heavy atom. The van der Waals surface area contributed by atoms with Crippen molar-refractivity contribution in [2.75, 3.05) is 6.54 Å². The van der Waals surface area contributed by atoms with Gasteiger partial charge in [0, 0.05) is 6.54 Å². The fourth-order valence-electron chi connectivity index (χ4n) is 1.22. The molecule has 0 aromatic rings. The molecule has 0 saturated heterocycles. The van der Waals surface area contributed by atoms with Gasteiger partial charge in [0.05, 0.1) is 5.70 Å². The first-order valence-electron chi connectivity index (χ1n) is 4.14. The van der Waals surface area contributed by atoms with Crippen LogP contribution in [0.25, 0.3) is 0 Å². The summed E-state index contributed by atoms with van der Waals surface area (Å²) in [4.78, 5) is 1.50. The monoisotopic (exact) mass is 187 g/mol. The van der Waals surface area contributed by atoms with E-state index in [1.54, 1.807) is 24.3 Å². The van der Waals surface area contributed by atoms with Gasteiger partial charge in [-0.15, -0.1) is 0 Å². The molecular formula is C10H9N3O. The lowest BCUT2D eigenvalue weighted by molar-refractivity contribution is 0.248. The van der Waals surface area contributed by atoms with E-state index in [4.69, 9.17) is 10.5 Å². The summed E-state index contributed by atoms with van der Waals surface area (Å²) in [6, 6.07) is 3.59. The SMILES string of the molecule is CCN1C(O)=CC=CC1=C(C#N)C#N. The van der Waals surface area contributed by atoms with Gasteiger partial charge in [-0.3, -0.25) is 0 Å². The minimum atomic E-state index is 0.00255. The number of aliphatic hydroxyl groups excluding tert-OH is 1. The van der Waals surface area contributed by atoms with Crippen molar-refractivity contribution in [1.82, 2.24) is 4.90 Å². The second kappa shape index (κ2) is 4.15. The number of nitriles is 2. The molecule has 1 aliphatic rings. The molecule has 0 aromatic heterocycles. The Balaban J connectivity index is 3.21. The molecule has 0 spiro atoms. The van der Waals surface area contributed by atoms with E-state index < -0.39 is 0 Å². The van der Waals surface area contributed by atoms with Crippen LogP contribution < -0.4 is 0 Å². The molecule has 1 rings (SSSR count). The maximum Gasteiger partial charge on any atom is 0.191 e. The van der Waals surface area contributed by atoms with Crippen molar-refractivity contribution >= 4 is 0 Å². The zero-order chi connectivity index (χ0) is 10.6. The maximum atomic E-state index is 9.46. The zero-order valence-electron chi connectivity index (χ0n) is 7.73. The van der Waals surface area contributed by atoms with Crippen LogP contribution in [-0.2, 0) is 0 Å². The van der Waals surface area contributed by atoms with Crippen molar-refractivity contribution in [2.24, 2.45) is 0 Å². The summed E-state index contributed by atoms with van der Waals surface area (Å²) in [6.07, 6.45) is 4.75. The van der Waals surface area contributed by atoms with Crippen molar-refractivity contribution < 1.29 is 5.11 Å². The zero-order valence-corrected chi connectivity index (χ0v) is 7.73. The number of likely N-dealkylation sites (N-methyl/N-ethyl adjacent to an activating group) is 1. The third-order valence-electron chi connectivity index (χ3n) is 1.86. The summed E-state index contributed by atoms with van der Waals surface area (Å²) >= 11 is 0. The van der Waals surface area contributed by atoms with Gasteiger partial charge >= 0.3 is 0 Å². The van der Waals surface area contributed by atoms with E-state index in [9.17, 15) is 5.11 Å². The summed E-state index contributed by atoms with van der Waals surface area (Å²) in [5.41, 5.74) is 0.445. The molecule has 1 aliphatic heterocycles. The summed E-state index contributed by atoms with van der Waals surface area (Å²) in [6.45, 7) is 2.34. The van der Waals surface area contributed by atoms with E-state index >= 15 is 0 Å². The van der Waals surface area contributed by atoms with E-state index in [1.807, 2.05) is 6.92 Å². The predicted molar refractivity (Wildman–Crippen MR) is 50.5 cm³/mol. The number of aliphatic hydroxyl groups is 1. The topological polar surface area (TPSA) is 71.0 Å². The van der Waals surface area contributed by atoms with Crippen LogP contribution in [0.4, 0.5) is 0 Å². The van der Waals surface area contributed by atoms with Crippen molar-refractivity contribution in [3.8, 4) is 12.1 Å². The molecule has 0 amide bonds. The Morgan fingerprint density at radius 2 is 2.14 bits per heavy atom. The lowest BCUT2D eigenvalue weighted by Gasteiger charge is -2.24. The van der Waals surface area contributed by atoms with Gasteiger partial charge in [-0.25, -0.2) is 0 Å². The molecule has 0 aromatic carbocycles. The fraction of sp³-hybridized carbons (Fsp3) is 0.200. The smallest absolute Gasteiger partial charge is 0.191 e. The first-order valence-corrected chi connectivity index (χ1v) is 4.14. The Labute approximate surface area is 82.3 Å². The standard InChI is InChI=1S/C10H9N3O/c1-2-13-9(8(6-11)7-12)4-3-5-10(13)14/h3-5,14H,2H2,1H3. The summed E-state index contributed by atoms with van der Waals surface area (Å²) in [7, 11) is 0. The minimum absolute atomic E-state index is 0.00255. The van der Waals surface area contributed by atoms with Gasteiger partial charge in [-0.2, -0.15) is 10.5 Å². The molecule has 4 heteroatoms. The van der Waals surface area contributed by atoms with E-state index in [1.165, 1.54) is 11.0 Å². The highest BCUT2D eigenvalue weighted by Crippen LogP contribution is 2.19. The van der Waals surface area contributed by atoms with Crippen LogP contribution in [0.5, 0.6) is 0 Å². The number of rotatable bonds is 1. The van der Waals surface area contributed by atoms with Gasteiger partial charge < -0.3 is 10.0 Å². The highest BCUT2D eigenvalue weighted by Gasteiger charge is 2.16. The third-order valence-corrected chi connectivity index (χ3v) is 1.86. The number of hydrogen-bond donors (Lipinski definition) is 1. The second-order valence-electron chi connectivity index (χ2n) is 2.61. The first-order chi connectivity index (χ1) is 6.74. The lowest BCUT2D eigenvalue weighted by Crippen LogP contribution is -2.23. The maximum absolute atomic E-state index is 9.46. The van der Waals surface area contributed by atoms with Crippen molar-refractivity contribution in [1.29, 1.82) is 10.5 Å². The molecule has 1 heterocycles. The van der Waals surface area contributed by atoms with Crippen LogP contribution >= 0.6 is 0 Å². The molecule has 1 N–H and O–H groups in total. The molecule has 0 saturated carbocycles. The number of nitrogens with zero attached hydrogens (tertiary/aromatic N) is 3. The highest BCUT2D eigenvalue weighted by molar-refractivity contribution is 5.47. The Morgan fingerprint density at radius 1 is 1.50 bits per heavy atom. The summed E-state index contributed by atoms with van der Waals surface area (Å²) in [5.74, 6) is 0.0491. The van der Waals surface area contributed by atoms with Gasteiger partial charge in [0.25, 0.3) is 0 Å². The van der Waals surface area contributed by atoms with Crippen LogP contribution in [0.3, 0.4) is 0 Å². The second-order valence-corrected chi connectivity index (χ2v) is 2.61. The molecule has 0 atom stereocenters. The van der Waals surface area contributed by atoms with Gasteiger partial charge in [0.1, 0.15) is 12.1 Å². The predicted octanol–water partition coefficient (Wildman–Crippen LogP) is 1.58.